The molecule has 2 aromatic rings. The Balaban J connectivity index is 1.93. The number of methoxy groups -OCH3 is 1. The number of nitrogens with zero attached hydrogens (tertiary/aromatic N) is 2. The fraction of sp³-hybridized carbons (Fsp3) is 0.200. The van der Waals surface area contributed by atoms with E-state index in [0.29, 0.717) is 17.2 Å². The van der Waals surface area contributed by atoms with Crippen molar-refractivity contribution in [1.82, 2.24) is 4.90 Å². The smallest absolute Gasteiger partial charge is 0.284 e. The van der Waals surface area contributed by atoms with Crippen molar-refractivity contribution in [2.45, 2.75) is 18.7 Å². The summed E-state index contributed by atoms with van der Waals surface area (Å²) in [6, 6.07) is 13.7. The quantitative estimate of drug-likeness (QED) is 0.695. The fourth-order valence-electron chi connectivity index (χ4n) is 2.57. The third kappa shape index (κ3) is 4.28. The number of amidine groups is 1. The van der Waals surface area contributed by atoms with Crippen molar-refractivity contribution < 1.29 is 17.9 Å². The normalized spacial score (nSPS) is 17.5. The molecule has 0 aromatic heterocycles. The molecule has 0 aliphatic carbocycles. The molecular formula is C20H20N2O4S2. The molecule has 28 heavy (non-hydrogen) atoms. The molecule has 6 nitrogen and oxygen atoms in total. The zero-order valence-corrected chi connectivity index (χ0v) is 17.4. The van der Waals surface area contributed by atoms with Crippen molar-refractivity contribution in [3.05, 3.63) is 64.6 Å². The molecule has 0 radical (unpaired) electrons. The number of rotatable bonds is 5. The van der Waals surface area contributed by atoms with Crippen molar-refractivity contribution in [2.75, 3.05) is 13.7 Å². The van der Waals surface area contributed by atoms with Crippen molar-refractivity contribution in [3.63, 3.8) is 0 Å². The van der Waals surface area contributed by atoms with Crippen molar-refractivity contribution in [3.8, 4) is 5.75 Å². The molecule has 3 rings (SSSR count). The molecule has 0 atom stereocenters. The highest BCUT2D eigenvalue weighted by Crippen LogP contribution is 2.33. The number of hydrogen-bond donors (Lipinski definition) is 0. The van der Waals surface area contributed by atoms with E-state index in [4.69, 9.17) is 4.74 Å². The van der Waals surface area contributed by atoms with Crippen molar-refractivity contribution in [2.24, 2.45) is 4.40 Å². The van der Waals surface area contributed by atoms with E-state index in [1.165, 1.54) is 17.0 Å². The molecule has 0 saturated carbocycles. The first-order chi connectivity index (χ1) is 13.3. The first-order valence-corrected chi connectivity index (χ1v) is 10.9. The molecule has 2 aromatic carbocycles. The van der Waals surface area contributed by atoms with Gasteiger partial charge in [-0.3, -0.25) is 9.69 Å². The van der Waals surface area contributed by atoms with E-state index < -0.39 is 10.0 Å². The summed E-state index contributed by atoms with van der Waals surface area (Å²) in [5, 5.41) is 0.160. The number of likely N-dealkylation sites (N-methyl/N-ethyl adjacent to an activating group) is 1. The van der Waals surface area contributed by atoms with Crippen LogP contribution in [0.3, 0.4) is 0 Å². The summed E-state index contributed by atoms with van der Waals surface area (Å²) in [4.78, 5) is 14.6. The summed E-state index contributed by atoms with van der Waals surface area (Å²) >= 11 is 1.06. The van der Waals surface area contributed by atoms with Crippen LogP contribution in [0.25, 0.3) is 6.08 Å². The van der Waals surface area contributed by atoms with E-state index in [9.17, 15) is 13.2 Å². The molecule has 0 N–H and O–H groups in total. The van der Waals surface area contributed by atoms with Gasteiger partial charge in [-0.05, 0) is 61.5 Å². The van der Waals surface area contributed by atoms with Gasteiger partial charge in [0.05, 0.1) is 16.9 Å². The van der Waals surface area contributed by atoms with Crippen LogP contribution in [0.5, 0.6) is 5.75 Å². The highest BCUT2D eigenvalue weighted by Gasteiger charge is 2.34. The average molecular weight is 417 g/mol. The first-order valence-electron chi connectivity index (χ1n) is 8.61. The van der Waals surface area contributed by atoms with Gasteiger partial charge in [0.1, 0.15) is 5.75 Å². The number of carbonyl (C=O) groups excluding carboxylic acids is 1. The molecule has 146 valence electrons. The van der Waals surface area contributed by atoms with Gasteiger partial charge in [-0.25, -0.2) is 0 Å². The van der Waals surface area contributed by atoms with Gasteiger partial charge in [-0.15, -0.1) is 4.40 Å². The van der Waals surface area contributed by atoms with Crippen molar-refractivity contribution >= 4 is 38.9 Å². The molecule has 1 aliphatic rings. The van der Waals surface area contributed by atoms with Gasteiger partial charge in [0.2, 0.25) is 0 Å². The van der Waals surface area contributed by atoms with Gasteiger partial charge in [0.25, 0.3) is 15.9 Å². The van der Waals surface area contributed by atoms with Gasteiger partial charge in [0, 0.05) is 6.54 Å². The molecule has 1 heterocycles. The van der Waals surface area contributed by atoms with Crippen LogP contribution in [0, 0.1) is 6.92 Å². The minimum atomic E-state index is -3.90. The zero-order chi connectivity index (χ0) is 20.3. The molecular weight excluding hydrogens is 396 g/mol. The lowest BCUT2D eigenvalue weighted by molar-refractivity contribution is -0.122. The summed E-state index contributed by atoms with van der Waals surface area (Å²) in [6.07, 6.45) is 1.72. The van der Waals surface area contributed by atoms with E-state index in [0.717, 1.165) is 22.9 Å². The summed E-state index contributed by atoms with van der Waals surface area (Å²) < 4.78 is 34.3. The number of thioether (sulfide) groups is 1. The van der Waals surface area contributed by atoms with Crippen LogP contribution < -0.4 is 4.74 Å². The highest BCUT2D eigenvalue weighted by molar-refractivity contribution is 8.19. The third-order valence-electron chi connectivity index (χ3n) is 4.13. The Morgan fingerprint density at radius 2 is 1.75 bits per heavy atom. The minimum absolute atomic E-state index is 0.0993. The molecule has 8 heteroatoms. The predicted molar refractivity (Wildman–Crippen MR) is 112 cm³/mol. The zero-order valence-electron chi connectivity index (χ0n) is 15.7. The third-order valence-corrected chi connectivity index (χ3v) is 6.54. The lowest BCUT2D eigenvalue weighted by Crippen LogP contribution is -2.29. The predicted octanol–water partition coefficient (Wildman–Crippen LogP) is 3.68. The molecule has 0 unspecified atom stereocenters. The number of carbonyl (C=O) groups is 1. The monoisotopic (exact) mass is 416 g/mol. The van der Waals surface area contributed by atoms with Gasteiger partial charge in [-0.2, -0.15) is 8.42 Å². The van der Waals surface area contributed by atoms with E-state index in [1.54, 1.807) is 44.4 Å². The van der Waals surface area contributed by atoms with Crippen LogP contribution in [0.2, 0.25) is 0 Å². The van der Waals surface area contributed by atoms with Crippen LogP contribution in [0.1, 0.15) is 18.1 Å². The van der Waals surface area contributed by atoms with E-state index in [2.05, 4.69) is 4.40 Å². The topological polar surface area (TPSA) is 76.0 Å². The van der Waals surface area contributed by atoms with Gasteiger partial charge >= 0.3 is 0 Å². The lowest BCUT2D eigenvalue weighted by Gasteiger charge is -2.12. The standard InChI is InChI=1S/C20H20N2O4S2/c1-4-22-19(23)18(13-15-7-9-16(26-3)10-8-15)27-20(22)21-28(24,25)17-11-5-14(2)6-12-17/h5-13H,4H2,1-3H3. The number of benzene rings is 2. The Hall–Kier alpha value is -2.58. The molecule has 1 saturated heterocycles. The van der Waals surface area contributed by atoms with Crippen LogP contribution in [-0.2, 0) is 14.8 Å². The number of sulfonamides is 1. The second-order valence-electron chi connectivity index (χ2n) is 6.10. The lowest BCUT2D eigenvalue weighted by atomic mass is 10.2. The molecule has 1 aliphatic heterocycles. The average Bonchev–Trinajstić information content (AvgIpc) is 2.96. The van der Waals surface area contributed by atoms with Gasteiger partial charge < -0.3 is 4.74 Å². The summed E-state index contributed by atoms with van der Waals surface area (Å²) in [5.41, 5.74) is 1.77. The van der Waals surface area contributed by atoms with E-state index >= 15 is 0 Å². The Morgan fingerprint density at radius 3 is 2.32 bits per heavy atom. The molecule has 0 spiro atoms. The maximum absolute atomic E-state index is 12.7. The second kappa shape index (κ2) is 8.20. The van der Waals surface area contributed by atoms with Crippen LogP contribution in [0.4, 0.5) is 0 Å². The Morgan fingerprint density at radius 1 is 1.11 bits per heavy atom. The summed E-state index contributed by atoms with van der Waals surface area (Å²) in [6.45, 7) is 3.99. The second-order valence-corrected chi connectivity index (χ2v) is 8.71. The largest absolute Gasteiger partial charge is 0.497 e. The molecule has 1 fully saturated rings. The van der Waals surface area contributed by atoms with E-state index in [-0.39, 0.29) is 16.0 Å². The van der Waals surface area contributed by atoms with Crippen molar-refractivity contribution in [1.29, 1.82) is 0 Å². The Labute approximate surface area is 169 Å². The van der Waals surface area contributed by atoms with Gasteiger partial charge in [-0.1, -0.05) is 29.8 Å². The minimum Gasteiger partial charge on any atom is -0.497 e. The fourth-order valence-corrected chi connectivity index (χ4v) is 4.82. The number of hydrogen-bond acceptors (Lipinski definition) is 5. The van der Waals surface area contributed by atoms with Gasteiger partial charge in [0.15, 0.2) is 5.17 Å². The van der Waals surface area contributed by atoms with E-state index in [1.807, 2.05) is 19.1 Å². The molecule has 0 bridgehead atoms. The number of amides is 1. The SMILES string of the molecule is CCN1C(=O)C(=Cc2ccc(OC)cc2)SC1=NS(=O)(=O)c1ccc(C)cc1. The molecule has 1 amide bonds. The first kappa shape index (κ1) is 20.2. The maximum Gasteiger partial charge on any atom is 0.284 e. The van der Waals surface area contributed by atoms with Crippen LogP contribution in [0.15, 0.2) is 62.7 Å². The highest BCUT2D eigenvalue weighted by atomic mass is 32.2. The summed E-state index contributed by atoms with van der Waals surface area (Å²) in [5.74, 6) is 0.454. The Bertz CT molecular complexity index is 1040. The number of aryl methyl sites for hydroxylation is 1. The maximum atomic E-state index is 12.7. The number of ether oxygens (including phenoxy) is 1. The Kier molecular flexibility index (Phi) is 5.90. The summed E-state index contributed by atoms with van der Waals surface area (Å²) in [7, 11) is -2.32. The van der Waals surface area contributed by atoms with Crippen LogP contribution >= 0.6 is 11.8 Å². The van der Waals surface area contributed by atoms with Crippen LogP contribution in [-0.4, -0.2) is 38.0 Å².